The normalized spacial score (nSPS) is 19.0. The van der Waals surface area contributed by atoms with Crippen molar-refractivity contribution in [3.05, 3.63) is 41.7 Å². The molecule has 0 spiro atoms. The molecule has 2 rings (SSSR count). The fourth-order valence-corrected chi connectivity index (χ4v) is 2.16. The van der Waals surface area contributed by atoms with Gasteiger partial charge in [-0.25, -0.2) is 0 Å². The van der Waals surface area contributed by atoms with E-state index >= 15 is 0 Å². The van der Waals surface area contributed by atoms with Crippen molar-refractivity contribution in [3.8, 4) is 5.75 Å². The molecule has 1 aliphatic heterocycles. The molecule has 5 nitrogen and oxygen atoms in total. The van der Waals surface area contributed by atoms with Crippen molar-refractivity contribution in [2.24, 2.45) is 0 Å². The lowest BCUT2D eigenvalue weighted by atomic mass is 10.0. The number of amides is 2. The Hall–Kier alpha value is -2.30. The minimum atomic E-state index is -0.500. The van der Waals surface area contributed by atoms with Gasteiger partial charge in [0.05, 0.1) is 12.3 Å². The van der Waals surface area contributed by atoms with Crippen LogP contribution in [-0.2, 0) is 16.0 Å². The lowest BCUT2D eigenvalue weighted by Gasteiger charge is -2.23. The molecule has 2 N–H and O–H groups in total. The topological polar surface area (TPSA) is 67.4 Å². The van der Waals surface area contributed by atoms with E-state index in [0.717, 1.165) is 23.5 Å². The van der Waals surface area contributed by atoms with Crippen LogP contribution in [0.1, 0.15) is 25.8 Å². The molecule has 1 saturated heterocycles. The van der Waals surface area contributed by atoms with Crippen molar-refractivity contribution >= 4 is 11.8 Å². The largest absolute Gasteiger partial charge is 0.462 e. The van der Waals surface area contributed by atoms with Crippen LogP contribution in [0.5, 0.6) is 5.75 Å². The second-order valence-electron chi connectivity index (χ2n) is 4.90. The molecule has 1 atom stereocenters. The molecule has 2 amide bonds. The van der Waals surface area contributed by atoms with E-state index in [-0.39, 0.29) is 18.4 Å². The monoisotopic (exact) mass is 288 g/mol. The maximum atomic E-state index is 11.7. The summed E-state index contributed by atoms with van der Waals surface area (Å²) in [4.78, 5) is 23.0. The third-order valence-corrected chi connectivity index (χ3v) is 3.36. The molecular formula is C16H20N2O3. The van der Waals surface area contributed by atoms with E-state index < -0.39 is 6.04 Å². The van der Waals surface area contributed by atoms with Gasteiger partial charge in [0.1, 0.15) is 11.8 Å². The Morgan fingerprint density at radius 1 is 1.33 bits per heavy atom. The van der Waals surface area contributed by atoms with Crippen molar-refractivity contribution in [1.29, 1.82) is 0 Å². The first kappa shape index (κ1) is 15.1. The zero-order chi connectivity index (χ0) is 15.2. The highest BCUT2D eigenvalue weighted by Crippen LogP contribution is 2.17. The molecule has 0 saturated carbocycles. The zero-order valence-corrected chi connectivity index (χ0v) is 12.3. The Bertz CT molecular complexity index is 549. The summed E-state index contributed by atoms with van der Waals surface area (Å²) in [5.74, 6) is 1.39. The molecule has 0 aromatic heterocycles. The highest BCUT2D eigenvalue weighted by Gasteiger charge is 2.25. The Balaban J connectivity index is 1.99. The van der Waals surface area contributed by atoms with Crippen molar-refractivity contribution in [1.82, 2.24) is 10.6 Å². The third kappa shape index (κ3) is 4.08. The smallest absolute Gasteiger partial charge is 0.243 e. The predicted octanol–water partition coefficient (Wildman–Crippen LogP) is 1.54. The third-order valence-electron chi connectivity index (χ3n) is 3.36. The van der Waals surface area contributed by atoms with E-state index in [4.69, 9.17) is 4.74 Å². The number of piperazine rings is 1. The van der Waals surface area contributed by atoms with Gasteiger partial charge in [-0.05, 0) is 30.7 Å². The molecule has 1 unspecified atom stereocenters. The van der Waals surface area contributed by atoms with Crippen LogP contribution in [0.25, 0.3) is 0 Å². The standard InChI is InChI=1S/C16H20N2O3/c1-3-12(4-2)21-13-7-5-11(6-8-13)9-14-16(20)17-10-15(19)18-14/h3,5-8,14H,4,9-10H2,1-2H3,(H,17,20)(H,18,19). The minimum Gasteiger partial charge on any atom is -0.462 e. The van der Waals surface area contributed by atoms with Gasteiger partial charge in [0, 0.05) is 12.8 Å². The van der Waals surface area contributed by atoms with Gasteiger partial charge in [0.25, 0.3) is 0 Å². The molecule has 1 aromatic rings. The summed E-state index contributed by atoms with van der Waals surface area (Å²) in [6.45, 7) is 4.04. The van der Waals surface area contributed by atoms with Crippen LogP contribution in [0.4, 0.5) is 0 Å². The summed E-state index contributed by atoms with van der Waals surface area (Å²) in [5.41, 5.74) is 0.975. The number of allylic oxidation sites excluding steroid dienone is 2. The number of hydrogen-bond donors (Lipinski definition) is 2. The summed E-state index contributed by atoms with van der Waals surface area (Å²) >= 11 is 0. The van der Waals surface area contributed by atoms with Crippen LogP contribution in [0, 0.1) is 0 Å². The van der Waals surface area contributed by atoms with Crippen molar-refractivity contribution in [3.63, 3.8) is 0 Å². The molecule has 21 heavy (non-hydrogen) atoms. The summed E-state index contributed by atoms with van der Waals surface area (Å²) in [6.07, 6.45) is 3.25. The quantitative estimate of drug-likeness (QED) is 0.808. The van der Waals surface area contributed by atoms with Gasteiger partial charge in [0.2, 0.25) is 11.8 Å². The van der Waals surface area contributed by atoms with E-state index in [9.17, 15) is 9.59 Å². The minimum absolute atomic E-state index is 0.0608. The Morgan fingerprint density at radius 2 is 2.05 bits per heavy atom. The van der Waals surface area contributed by atoms with Crippen molar-refractivity contribution in [2.75, 3.05) is 6.54 Å². The van der Waals surface area contributed by atoms with E-state index in [1.54, 1.807) is 0 Å². The lowest BCUT2D eigenvalue weighted by Crippen LogP contribution is -2.56. The van der Waals surface area contributed by atoms with Gasteiger partial charge in [-0.15, -0.1) is 0 Å². The van der Waals surface area contributed by atoms with Gasteiger partial charge in [-0.1, -0.05) is 19.1 Å². The van der Waals surface area contributed by atoms with Gasteiger partial charge in [-0.3, -0.25) is 9.59 Å². The maximum absolute atomic E-state index is 11.7. The number of hydrogen-bond acceptors (Lipinski definition) is 3. The van der Waals surface area contributed by atoms with Crippen LogP contribution in [0.15, 0.2) is 36.1 Å². The molecular weight excluding hydrogens is 268 g/mol. The first-order valence-electron chi connectivity index (χ1n) is 7.11. The first-order chi connectivity index (χ1) is 10.1. The van der Waals surface area contributed by atoms with Crippen molar-refractivity contribution in [2.45, 2.75) is 32.7 Å². The van der Waals surface area contributed by atoms with Gasteiger partial charge < -0.3 is 15.4 Å². The number of nitrogens with one attached hydrogen (secondary N) is 2. The molecule has 0 radical (unpaired) electrons. The molecule has 1 aliphatic rings. The molecule has 0 bridgehead atoms. The van der Waals surface area contributed by atoms with Gasteiger partial charge in [0.15, 0.2) is 0 Å². The van der Waals surface area contributed by atoms with Crippen LogP contribution in [0.3, 0.4) is 0 Å². The Labute approximate surface area is 124 Å². The average Bonchev–Trinajstić information content (AvgIpc) is 2.50. The lowest BCUT2D eigenvalue weighted by molar-refractivity contribution is -0.133. The molecule has 1 aromatic carbocycles. The second-order valence-corrected chi connectivity index (χ2v) is 4.90. The highest BCUT2D eigenvalue weighted by molar-refractivity contribution is 5.94. The summed E-state index contributed by atoms with van der Waals surface area (Å²) in [5, 5.41) is 5.26. The molecule has 5 heteroatoms. The average molecular weight is 288 g/mol. The highest BCUT2D eigenvalue weighted by atomic mass is 16.5. The maximum Gasteiger partial charge on any atom is 0.243 e. The molecule has 1 heterocycles. The first-order valence-corrected chi connectivity index (χ1v) is 7.11. The number of carbonyl (C=O) groups is 2. The van der Waals surface area contributed by atoms with E-state index in [0.29, 0.717) is 6.42 Å². The number of carbonyl (C=O) groups excluding carboxylic acids is 2. The van der Waals surface area contributed by atoms with Crippen molar-refractivity contribution < 1.29 is 14.3 Å². The fraction of sp³-hybridized carbons (Fsp3) is 0.375. The number of benzene rings is 1. The van der Waals surface area contributed by atoms with E-state index in [1.807, 2.05) is 44.2 Å². The predicted molar refractivity (Wildman–Crippen MR) is 79.8 cm³/mol. The summed E-state index contributed by atoms with van der Waals surface area (Å²) < 4.78 is 5.71. The van der Waals surface area contributed by atoms with E-state index in [1.165, 1.54) is 0 Å². The van der Waals surface area contributed by atoms with E-state index in [2.05, 4.69) is 10.6 Å². The number of ether oxygens (including phenoxy) is 1. The summed E-state index contributed by atoms with van der Waals surface area (Å²) in [6, 6.07) is 7.06. The van der Waals surface area contributed by atoms with Crippen LogP contribution in [0.2, 0.25) is 0 Å². The zero-order valence-electron chi connectivity index (χ0n) is 12.3. The Kier molecular flexibility index (Phi) is 4.98. The second kappa shape index (κ2) is 6.92. The Morgan fingerprint density at radius 3 is 2.67 bits per heavy atom. The molecule has 112 valence electrons. The van der Waals surface area contributed by atoms with Crippen LogP contribution < -0.4 is 15.4 Å². The SMILES string of the molecule is CC=C(CC)Oc1ccc(CC2NC(=O)CNC2=O)cc1. The van der Waals surface area contributed by atoms with Crippen LogP contribution in [-0.4, -0.2) is 24.4 Å². The fourth-order valence-electron chi connectivity index (χ4n) is 2.16. The van der Waals surface area contributed by atoms with Gasteiger partial charge in [-0.2, -0.15) is 0 Å². The van der Waals surface area contributed by atoms with Gasteiger partial charge >= 0.3 is 0 Å². The molecule has 1 fully saturated rings. The number of rotatable bonds is 5. The summed E-state index contributed by atoms with van der Waals surface area (Å²) in [7, 11) is 0. The molecule has 0 aliphatic carbocycles. The van der Waals surface area contributed by atoms with Crippen LogP contribution >= 0.6 is 0 Å².